The standard InChI is InChI=1S/C28H28N2O4/c31-28(24-8-11-26-27(16-24)34-20-33-26)30(18-22-12-14-29-15-13-22)17-21-6-9-25(10-7-21)32-19-23-4-2-1-3-5-23/h1-2,6-16,23H,3-5,17-20H2. The van der Waals surface area contributed by atoms with E-state index in [2.05, 4.69) is 17.1 Å². The number of hydrogen-bond donors (Lipinski definition) is 0. The lowest BCUT2D eigenvalue weighted by Crippen LogP contribution is -2.30. The summed E-state index contributed by atoms with van der Waals surface area (Å²) in [4.78, 5) is 19.4. The zero-order chi connectivity index (χ0) is 23.2. The predicted molar refractivity (Wildman–Crippen MR) is 129 cm³/mol. The van der Waals surface area contributed by atoms with Crippen LogP contribution in [-0.4, -0.2) is 29.2 Å². The topological polar surface area (TPSA) is 60.9 Å². The summed E-state index contributed by atoms with van der Waals surface area (Å²) in [5.74, 6) is 2.64. The number of carbonyl (C=O) groups is 1. The highest BCUT2D eigenvalue weighted by atomic mass is 16.7. The van der Waals surface area contributed by atoms with Gasteiger partial charge in [-0.05, 0) is 78.8 Å². The van der Waals surface area contributed by atoms with Crippen LogP contribution >= 0.6 is 0 Å². The van der Waals surface area contributed by atoms with Gasteiger partial charge < -0.3 is 19.1 Å². The summed E-state index contributed by atoms with van der Waals surface area (Å²) in [7, 11) is 0. The molecular weight excluding hydrogens is 428 g/mol. The van der Waals surface area contributed by atoms with Gasteiger partial charge in [-0.25, -0.2) is 0 Å². The van der Waals surface area contributed by atoms with Crippen molar-refractivity contribution in [3.05, 3.63) is 95.8 Å². The van der Waals surface area contributed by atoms with E-state index in [1.165, 1.54) is 6.42 Å². The van der Waals surface area contributed by atoms with E-state index in [4.69, 9.17) is 14.2 Å². The fraction of sp³-hybridized carbons (Fsp3) is 0.286. The number of hydrogen-bond acceptors (Lipinski definition) is 5. The quantitative estimate of drug-likeness (QED) is 0.426. The number of nitrogens with zero attached hydrogens (tertiary/aromatic N) is 2. The maximum atomic E-state index is 13.5. The van der Waals surface area contributed by atoms with Crippen LogP contribution < -0.4 is 14.2 Å². The summed E-state index contributed by atoms with van der Waals surface area (Å²) < 4.78 is 16.9. The van der Waals surface area contributed by atoms with Crippen molar-refractivity contribution in [2.75, 3.05) is 13.4 Å². The van der Waals surface area contributed by atoms with E-state index in [0.29, 0.717) is 36.1 Å². The highest BCUT2D eigenvalue weighted by Gasteiger charge is 2.21. The lowest BCUT2D eigenvalue weighted by atomic mass is 9.95. The van der Waals surface area contributed by atoms with Crippen molar-refractivity contribution in [2.45, 2.75) is 32.4 Å². The SMILES string of the molecule is O=C(c1ccc2c(c1)OCO2)N(Cc1ccncc1)Cc1ccc(OCC2CC=CCC2)cc1. The second-order valence-electron chi connectivity index (χ2n) is 8.69. The van der Waals surface area contributed by atoms with E-state index >= 15 is 0 Å². The number of aromatic nitrogens is 1. The minimum atomic E-state index is -0.0687. The maximum Gasteiger partial charge on any atom is 0.254 e. The van der Waals surface area contributed by atoms with Gasteiger partial charge >= 0.3 is 0 Å². The molecule has 1 amide bonds. The van der Waals surface area contributed by atoms with Crippen molar-refractivity contribution in [3.8, 4) is 17.2 Å². The summed E-state index contributed by atoms with van der Waals surface area (Å²) in [5, 5.41) is 0. The summed E-state index contributed by atoms with van der Waals surface area (Å²) >= 11 is 0. The van der Waals surface area contributed by atoms with Gasteiger partial charge in [0.25, 0.3) is 5.91 Å². The Hall–Kier alpha value is -3.80. The van der Waals surface area contributed by atoms with Crippen molar-refractivity contribution in [2.24, 2.45) is 5.92 Å². The van der Waals surface area contributed by atoms with Crippen molar-refractivity contribution in [3.63, 3.8) is 0 Å². The van der Waals surface area contributed by atoms with Crippen molar-refractivity contribution in [1.29, 1.82) is 0 Å². The first-order valence-corrected chi connectivity index (χ1v) is 11.7. The molecule has 1 unspecified atom stereocenters. The number of fused-ring (bicyclic) bond motifs is 1. The summed E-state index contributed by atoms with van der Waals surface area (Å²) in [6.45, 7) is 1.87. The first kappa shape index (κ1) is 22.0. The van der Waals surface area contributed by atoms with Gasteiger partial charge in [-0.15, -0.1) is 0 Å². The molecule has 2 aliphatic rings. The summed E-state index contributed by atoms with van der Waals surface area (Å²) in [6, 6.07) is 17.2. The van der Waals surface area contributed by atoms with Crippen LogP contribution in [-0.2, 0) is 13.1 Å². The van der Waals surface area contributed by atoms with Crippen LogP contribution in [0.5, 0.6) is 17.2 Å². The Morgan fingerprint density at radius 3 is 2.47 bits per heavy atom. The maximum absolute atomic E-state index is 13.5. The van der Waals surface area contributed by atoms with Gasteiger partial charge in [0.15, 0.2) is 11.5 Å². The van der Waals surface area contributed by atoms with E-state index in [1.807, 2.05) is 41.3 Å². The minimum Gasteiger partial charge on any atom is -0.493 e. The van der Waals surface area contributed by atoms with Crippen molar-refractivity contribution >= 4 is 5.91 Å². The number of pyridine rings is 1. The molecule has 0 radical (unpaired) electrons. The lowest BCUT2D eigenvalue weighted by molar-refractivity contribution is 0.0729. The molecule has 0 saturated heterocycles. The van der Waals surface area contributed by atoms with Crippen LogP contribution in [0.4, 0.5) is 0 Å². The highest BCUT2D eigenvalue weighted by Crippen LogP contribution is 2.33. The molecule has 6 nitrogen and oxygen atoms in total. The molecule has 0 fully saturated rings. The zero-order valence-electron chi connectivity index (χ0n) is 19.1. The van der Waals surface area contributed by atoms with Crippen LogP contribution in [0.3, 0.4) is 0 Å². The summed E-state index contributed by atoms with van der Waals surface area (Å²) in [5.41, 5.74) is 2.63. The molecule has 6 heteroatoms. The Morgan fingerprint density at radius 1 is 0.941 bits per heavy atom. The molecule has 34 heavy (non-hydrogen) atoms. The number of ether oxygens (including phenoxy) is 3. The number of carbonyl (C=O) groups excluding carboxylic acids is 1. The first-order chi connectivity index (χ1) is 16.7. The molecule has 1 aliphatic heterocycles. The molecule has 174 valence electrons. The average molecular weight is 457 g/mol. The van der Waals surface area contributed by atoms with Gasteiger partial charge in [0.1, 0.15) is 5.75 Å². The molecule has 1 aromatic heterocycles. The van der Waals surface area contributed by atoms with E-state index < -0.39 is 0 Å². The van der Waals surface area contributed by atoms with Gasteiger partial charge in [-0.1, -0.05) is 24.3 Å². The van der Waals surface area contributed by atoms with E-state index in [-0.39, 0.29) is 12.7 Å². The van der Waals surface area contributed by atoms with Crippen molar-refractivity contribution < 1.29 is 19.0 Å². The molecule has 0 N–H and O–H groups in total. The second kappa shape index (κ2) is 10.4. The molecule has 3 aromatic rings. The Labute approximate surface area is 199 Å². The lowest BCUT2D eigenvalue weighted by Gasteiger charge is -2.23. The second-order valence-corrected chi connectivity index (χ2v) is 8.69. The normalized spacial score (nSPS) is 16.3. The Kier molecular flexibility index (Phi) is 6.75. The third-order valence-corrected chi connectivity index (χ3v) is 6.19. The molecule has 0 bridgehead atoms. The zero-order valence-corrected chi connectivity index (χ0v) is 19.1. The third kappa shape index (κ3) is 5.39. The van der Waals surface area contributed by atoms with Crippen molar-refractivity contribution in [1.82, 2.24) is 9.88 Å². The number of amides is 1. The van der Waals surface area contributed by atoms with E-state index in [0.717, 1.165) is 36.3 Å². The third-order valence-electron chi connectivity index (χ3n) is 6.19. The number of rotatable bonds is 8. The Morgan fingerprint density at radius 2 is 1.71 bits per heavy atom. The molecule has 1 atom stereocenters. The van der Waals surface area contributed by atoms with E-state index in [9.17, 15) is 4.79 Å². The molecule has 0 saturated carbocycles. The Balaban J connectivity index is 1.29. The monoisotopic (exact) mass is 456 g/mol. The molecule has 5 rings (SSSR count). The minimum absolute atomic E-state index is 0.0687. The molecule has 2 heterocycles. The Bertz CT molecular complexity index is 1140. The van der Waals surface area contributed by atoms with Gasteiger partial charge in [0.05, 0.1) is 6.61 Å². The van der Waals surface area contributed by atoms with Crippen LogP contribution in [0.25, 0.3) is 0 Å². The molecular formula is C28H28N2O4. The van der Waals surface area contributed by atoms with Crippen LogP contribution in [0, 0.1) is 5.92 Å². The fourth-order valence-electron chi connectivity index (χ4n) is 4.25. The van der Waals surface area contributed by atoms with E-state index in [1.54, 1.807) is 30.6 Å². The van der Waals surface area contributed by atoms with Gasteiger partial charge in [0.2, 0.25) is 6.79 Å². The number of allylic oxidation sites excluding steroid dienone is 2. The smallest absolute Gasteiger partial charge is 0.254 e. The van der Waals surface area contributed by atoms with Crippen LogP contribution in [0.15, 0.2) is 79.1 Å². The molecule has 2 aromatic carbocycles. The predicted octanol–water partition coefficient (Wildman–Crippen LogP) is 5.39. The van der Waals surface area contributed by atoms with Crippen LogP contribution in [0.2, 0.25) is 0 Å². The molecule has 0 spiro atoms. The largest absolute Gasteiger partial charge is 0.493 e. The summed E-state index contributed by atoms with van der Waals surface area (Å²) in [6.07, 6.45) is 11.4. The van der Waals surface area contributed by atoms with Crippen LogP contribution in [0.1, 0.15) is 40.7 Å². The number of benzene rings is 2. The van der Waals surface area contributed by atoms with Gasteiger partial charge in [0, 0.05) is 31.0 Å². The average Bonchev–Trinajstić information content (AvgIpc) is 3.37. The highest BCUT2D eigenvalue weighted by molar-refractivity contribution is 5.95. The molecule has 1 aliphatic carbocycles. The first-order valence-electron chi connectivity index (χ1n) is 11.7. The van der Waals surface area contributed by atoms with Gasteiger partial charge in [-0.3, -0.25) is 9.78 Å². The fourth-order valence-corrected chi connectivity index (χ4v) is 4.25. The van der Waals surface area contributed by atoms with Gasteiger partial charge in [-0.2, -0.15) is 0 Å².